The molecule has 25 heavy (non-hydrogen) atoms. The molecule has 0 radical (unpaired) electrons. The van der Waals surface area contributed by atoms with Gasteiger partial charge in [-0.25, -0.2) is 4.79 Å². The molecule has 0 unspecified atom stereocenters. The summed E-state index contributed by atoms with van der Waals surface area (Å²) >= 11 is 0. The van der Waals surface area contributed by atoms with Gasteiger partial charge in [0.25, 0.3) is 0 Å². The molecule has 0 saturated heterocycles. The SMILES string of the molecule is COCCn1ccc2ccc(NC(=O)NC3CCC(CO)CC3)cc21. The standard InChI is InChI=1S/C19H27N3O3/c1-25-11-10-22-9-8-15-4-7-17(12-18(15)22)21-19(24)20-16-5-2-14(13-23)3-6-16/h4,7-9,12,14,16,23H,2-3,5-6,10-11,13H2,1H3,(H2,20,21,24). The normalized spacial score (nSPS) is 20.6. The number of ether oxygens (including phenoxy) is 1. The molecular formula is C19H27N3O3. The molecule has 3 N–H and O–H groups in total. The molecule has 1 aliphatic rings. The molecule has 2 amide bonds. The first-order chi connectivity index (χ1) is 12.2. The molecule has 1 aliphatic carbocycles. The van der Waals surface area contributed by atoms with Gasteiger partial charge < -0.3 is 25.0 Å². The number of carbonyl (C=O) groups excluding carboxylic acids is 1. The molecule has 0 atom stereocenters. The van der Waals surface area contributed by atoms with Crippen LogP contribution >= 0.6 is 0 Å². The molecule has 1 fully saturated rings. The van der Waals surface area contributed by atoms with E-state index in [2.05, 4.69) is 21.3 Å². The summed E-state index contributed by atoms with van der Waals surface area (Å²) in [6.45, 7) is 1.68. The van der Waals surface area contributed by atoms with Crippen molar-refractivity contribution in [2.75, 3.05) is 25.6 Å². The Labute approximate surface area is 148 Å². The van der Waals surface area contributed by atoms with Crippen LogP contribution in [0.5, 0.6) is 0 Å². The first-order valence-corrected chi connectivity index (χ1v) is 8.96. The average molecular weight is 345 g/mol. The van der Waals surface area contributed by atoms with E-state index in [4.69, 9.17) is 4.74 Å². The summed E-state index contributed by atoms with van der Waals surface area (Å²) in [6.07, 6.45) is 5.84. The smallest absolute Gasteiger partial charge is 0.319 e. The number of aromatic nitrogens is 1. The summed E-state index contributed by atoms with van der Waals surface area (Å²) in [4.78, 5) is 12.3. The van der Waals surface area contributed by atoms with Crippen LogP contribution in [0.15, 0.2) is 30.5 Å². The number of nitrogens with zero attached hydrogens (tertiary/aromatic N) is 1. The van der Waals surface area contributed by atoms with Gasteiger partial charge >= 0.3 is 6.03 Å². The van der Waals surface area contributed by atoms with Crippen molar-refractivity contribution in [3.05, 3.63) is 30.5 Å². The van der Waals surface area contributed by atoms with Gasteiger partial charge in [-0.2, -0.15) is 0 Å². The van der Waals surface area contributed by atoms with Gasteiger partial charge in [-0.3, -0.25) is 0 Å². The second-order valence-corrected chi connectivity index (χ2v) is 6.77. The Morgan fingerprint density at radius 2 is 2.08 bits per heavy atom. The van der Waals surface area contributed by atoms with Crippen LogP contribution in [0.2, 0.25) is 0 Å². The molecule has 0 bridgehead atoms. The molecule has 1 aromatic carbocycles. The maximum Gasteiger partial charge on any atom is 0.319 e. The zero-order chi connectivity index (χ0) is 17.6. The lowest BCUT2D eigenvalue weighted by molar-refractivity contribution is 0.176. The van der Waals surface area contributed by atoms with E-state index in [1.807, 2.05) is 24.4 Å². The molecular weight excluding hydrogens is 318 g/mol. The molecule has 1 heterocycles. The fourth-order valence-corrected chi connectivity index (χ4v) is 3.49. The van der Waals surface area contributed by atoms with E-state index in [0.29, 0.717) is 12.5 Å². The third kappa shape index (κ3) is 4.52. The number of aliphatic hydroxyl groups excluding tert-OH is 1. The summed E-state index contributed by atoms with van der Waals surface area (Å²) in [5.41, 5.74) is 1.87. The van der Waals surface area contributed by atoms with E-state index in [1.54, 1.807) is 7.11 Å². The number of fused-ring (bicyclic) bond motifs is 1. The van der Waals surface area contributed by atoms with E-state index < -0.39 is 0 Å². The fourth-order valence-electron chi connectivity index (χ4n) is 3.49. The van der Waals surface area contributed by atoms with E-state index in [-0.39, 0.29) is 18.7 Å². The van der Waals surface area contributed by atoms with Crippen molar-refractivity contribution in [3.63, 3.8) is 0 Å². The monoisotopic (exact) mass is 345 g/mol. The average Bonchev–Trinajstić information content (AvgIpc) is 3.03. The Morgan fingerprint density at radius 1 is 1.28 bits per heavy atom. The minimum atomic E-state index is -0.165. The molecule has 0 aliphatic heterocycles. The zero-order valence-corrected chi connectivity index (χ0v) is 14.7. The van der Waals surface area contributed by atoms with Crippen LogP contribution < -0.4 is 10.6 Å². The molecule has 6 nitrogen and oxygen atoms in total. The highest BCUT2D eigenvalue weighted by molar-refractivity contribution is 5.93. The van der Waals surface area contributed by atoms with Crippen molar-refractivity contribution in [2.24, 2.45) is 5.92 Å². The number of nitrogens with one attached hydrogen (secondary N) is 2. The Morgan fingerprint density at radius 3 is 2.80 bits per heavy atom. The lowest BCUT2D eigenvalue weighted by Gasteiger charge is -2.27. The number of amides is 2. The summed E-state index contributed by atoms with van der Waals surface area (Å²) in [5.74, 6) is 0.392. The summed E-state index contributed by atoms with van der Waals surface area (Å²) < 4.78 is 7.27. The van der Waals surface area contributed by atoms with Gasteiger partial charge in [0, 0.05) is 38.2 Å². The Hall–Kier alpha value is -2.05. The molecule has 2 aromatic rings. The van der Waals surface area contributed by atoms with Crippen molar-refractivity contribution in [2.45, 2.75) is 38.3 Å². The molecule has 3 rings (SSSR count). The first kappa shape index (κ1) is 17.8. The van der Waals surface area contributed by atoms with Crippen LogP contribution in [-0.2, 0) is 11.3 Å². The number of anilines is 1. The van der Waals surface area contributed by atoms with Gasteiger partial charge in [0.15, 0.2) is 0 Å². The lowest BCUT2D eigenvalue weighted by Crippen LogP contribution is -2.40. The number of hydrogen-bond donors (Lipinski definition) is 3. The van der Waals surface area contributed by atoms with Crippen molar-refractivity contribution in [3.8, 4) is 0 Å². The van der Waals surface area contributed by atoms with Gasteiger partial charge in [0.2, 0.25) is 0 Å². The van der Waals surface area contributed by atoms with Gasteiger partial charge in [-0.15, -0.1) is 0 Å². The number of aliphatic hydroxyl groups is 1. The van der Waals surface area contributed by atoms with Crippen LogP contribution in [0.4, 0.5) is 10.5 Å². The van der Waals surface area contributed by atoms with E-state index in [0.717, 1.165) is 48.8 Å². The third-order valence-corrected chi connectivity index (χ3v) is 5.01. The fraction of sp³-hybridized carbons (Fsp3) is 0.526. The highest BCUT2D eigenvalue weighted by Crippen LogP contribution is 2.24. The molecule has 6 heteroatoms. The van der Waals surface area contributed by atoms with Gasteiger partial charge in [0.05, 0.1) is 12.1 Å². The predicted octanol–water partition coefficient (Wildman–Crippen LogP) is 2.96. The minimum absolute atomic E-state index is 0.165. The number of urea groups is 1. The number of rotatable bonds is 6. The van der Waals surface area contributed by atoms with Crippen LogP contribution in [0, 0.1) is 5.92 Å². The quantitative estimate of drug-likeness (QED) is 0.753. The van der Waals surface area contributed by atoms with Crippen LogP contribution in [0.3, 0.4) is 0 Å². The largest absolute Gasteiger partial charge is 0.396 e. The third-order valence-electron chi connectivity index (χ3n) is 5.01. The number of benzene rings is 1. The Balaban J connectivity index is 1.59. The van der Waals surface area contributed by atoms with E-state index in [9.17, 15) is 9.90 Å². The Kier molecular flexibility index (Phi) is 5.94. The van der Waals surface area contributed by atoms with E-state index in [1.165, 1.54) is 0 Å². The zero-order valence-electron chi connectivity index (χ0n) is 14.7. The van der Waals surface area contributed by atoms with Crippen LogP contribution in [0.25, 0.3) is 10.9 Å². The Bertz CT molecular complexity index is 705. The van der Waals surface area contributed by atoms with Crippen LogP contribution in [0.1, 0.15) is 25.7 Å². The summed E-state index contributed by atoms with van der Waals surface area (Å²) in [5, 5.41) is 16.3. The van der Waals surface area contributed by atoms with Crippen molar-refractivity contribution in [1.29, 1.82) is 0 Å². The minimum Gasteiger partial charge on any atom is -0.396 e. The first-order valence-electron chi connectivity index (χ1n) is 8.96. The predicted molar refractivity (Wildman–Crippen MR) is 98.8 cm³/mol. The number of carbonyl (C=O) groups is 1. The maximum atomic E-state index is 12.3. The van der Waals surface area contributed by atoms with E-state index >= 15 is 0 Å². The second kappa shape index (κ2) is 8.36. The molecule has 136 valence electrons. The number of methoxy groups -OCH3 is 1. The van der Waals surface area contributed by atoms with Crippen molar-refractivity contribution in [1.82, 2.24) is 9.88 Å². The molecule has 0 spiro atoms. The second-order valence-electron chi connectivity index (χ2n) is 6.77. The van der Waals surface area contributed by atoms with Crippen molar-refractivity contribution < 1.29 is 14.6 Å². The maximum absolute atomic E-state index is 12.3. The van der Waals surface area contributed by atoms with Gasteiger partial charge in [-0.1, -0.05) is 6.07 Å². The van der Waals surface area contributed by atoms with Gasteiger partial charge in [-0.05, 0) is 55.2 Å². The molecule has 1 saturated carbocycles. The summed E-state index contributed by atoms with van der Waals surface area (Å²) in [6, 6.07) is 8.02. The van der Waals surface area contributed by atoms with Crippen LogP contribution in [-0.4, -0.2) is 42.1 Å². The number of hydrogen-bond acceptors (Lipinski definition) is 3. The highest BCUT2D eigenvalue weighted by Gasteiger charge is 2.21. The summed E-state index contributed by atoms with van der Waals surface area (Å²) in [7, 11) is 1.69. The highest BCUT2D eigenvalue weighted by atomic mass is 16.5. The topological polar surface area (TPSA) is 75.5 Å². The van der Waals surface area contributed by atoms with Crippen molar-refractivity contribution >= 4 is 22.6 Å². The lowest BCUT2D eigenvalue weighted by atomic mass is 9.87. The van der Waals surface area contributed by atoms with Gasteiger partial charge in [0.1, 0.15) is 0 Å². The molecule has 1 aromatic heterocycles.